The number of nitrogens with zero attached hydrogens (tertiary/aromatic N) is 2. The minimum atomic E-state index is -0.187. The number of alkyl halides is 1. The van der Waals surface area contributed by atoms with E-state index in [1.165, 1.54) is 9.08 Å². The first-order valence-corrected chi connectivity index (χ1v) is 9.40. The van der Waals surface area contributed by atoms with Gasteiger partial charge in [-0.3, -0.25) is 4.79 Å². The third-order valence-corrected chi connectivity index (χ3v) is 8.30. The Morgan fingerprint density at radius 3 is 2.45 bits per heavy atom. The molecule has 0 saturated heterocycles. The van der Waals surface area contributed by atoms with Gasteiger partial charge in [0.1, 0.15) is 7.05 Å². The van der Waals surface area contributed by atoms with Gasteiger partial charge in [-0.1, -0.05) is 13.0 Å². The van der Waals surface area contributed by atoms with Gasteiger partial charge in [-0.05, 0) is 20.8 Å². The maximum Gasteiger partial charge on any atom is 0.219 e. The SMILES string of the molecule is CC(=O)N(C)C(C)(C)C1=I[C@H](C)C=C(C)C=[N+](C)[C@H]1C. The molecule has 0 radical (unpaired) electrons. The molecule has 0 fully saturated rings. The Hall–Kier alpha value is -0.520. The number of carbonyl (C=O) groups is 1. The lowest BCUT2D eigenvalue weighted by Crippen LogP contribution is -2.54. The van der Waals surface area contributed by atoms with Gasteiger partial charge >= 0.3 is 0 Å². The largest absolute Gasteiger partial charge is 0.336 e. The lowest BCUT2D eigenvalue weighted by Gasteiger charge is -2.38. The molecule has 3 nitrogen and oxygen atoms in total. The Morgan fingerprint density at radius 1 is 1.40 bits per heavy atom. The molecule has 2 atom stereocenters. The van der Waals surface area contributed by atoms with E-state index in [1.807, 2.05) is 11.9 Å². The summed E-state index contributed by atoms with van der Waals surface area (Å²) in [7, 11) is 4.05. The van der Waals surface area contributed by atoms with E-state index < -0.39 is 0 Å². The standard InChI is InChI=1S/C16H28IN2O/c1-11-9-12(2)17-15(13(3)18(7)10-11)16(5,6)19(8)14(4)20/h9-10,12-13H,1-8H3/q+1/t12-,13+/m1/s1. The first-order chi connectivity index (χ1) is 9.07. The van der Waals surface area contributed by atoms with Crippen LogP contribution in [0.5, 0.6) is 0 Å². The summed E-state index contributed by atoms with van der Waals surface area (Å²) in [5.74, 6) is 0.131. The van der Waals surface area contributed by atoms with Crippen molar-refractivity contribution in [1.82, 2.24) is 4.90 Å². The quantitative estimate of drug-likeness (QED) is 0.404. The summed E-state index contributed by atoms with van der Waals surface area (Å²) in [5, 5.41) is 0. The summed E-state index contributed by atoms with van der Waals surface area (Å²) in [6.07, 6.45) is 4.58. The van der Waals surface area contributed by atoms with Crippen molar-refractivity contribution in [3.05, 3.63) is 11.6 Å². The number of allylic oxidation sites excluding steroid dienone is 2. The van der Waals surface area contributed by atoms with Gasteiger partial charge in [-0.15, -0.1) is 20.7 Å². The Morgan fingerprint density at radius 2 is 1.95 bits per heavy atom. The molecule has 1 aliphatic rings. The summed E-state index contributed by atoms with van der Waals surface area (Å²) in [6, 6.07) is 0.366. The first-order valence-electron chi connectivity index (χ1n) is 7.07. The van der Waals surface area contributed by atoms with E-state index in [9.17, 15) is 4.79 Å². The summed E-state index contributed by atoms with van der Waals surface area (Å²) in [6.45, 7) is 12.7. The molecule has 114 valence electrons. The van der Waals surface area contributed by atoms with E-state index in [0.29, 0.717) is 9.97 Å². The highest BCUT2D eigenvalue weighted by Gasteiger charge is 2.37. The van der Waals surface area contributed by atoms with Crippen molar-refractivity contribution in [2.75, 3.05) is 14.1 Å². The van der Waals surface area contributed by atoms with Crippen LogP contribution in [-0.4, -0.2) is 54.7 Å². The lowest BCUT2D eigenvalue weighted by atomic mass is 9.94. The van der Waals surface area contributed by atoms with Crippen LogP contribution in [0.3, 0.4) is 0 Å². The number of amides is 1. The molecule has 0 N–H and O–H groups in total. The summed E-state index contributed by atoms with van der Waals surface area (Å²) < 4.78 is 4.41. The molecular weight excluding hydrogens is 363 g/mol. The van der Waals surface area contributed by atoms with Crippen molar-refractivity contribution in [2.45, 2.75) is 57.0 Å². The number of rotatable bonds is 2. The van der Waals surface area contributed by atoms with E-state index in [-0.39, 0.29) is 32.2 Å². The molecule has 4 heteroatoms. The Balaban J connectivity index is 3.34. The summed E-state index contributed by atoms with van der Waals surface area (Å²) in [5.41, 5.74) is 1.15. The van der Waals surface area contributed by atoms with Crippen LogP contribution in [0.2, 0.25) is 0 Å². The Labute approximate surface area is 133 Å². The molecule has 1 aliphatic heterocycles. The molecule has 0 bridgehead atoms. The van der Waals surface area contributed by atoms with Crippen LogP contribution in [0.25, 0.3) is 0 Å². The molecule has 0 aromatic carbocycles. The predicted molar refractivity (Wildman–Crippen MR) is 96.5 cm³/mol. The zero-order valence-electron chi connectivity index (χ0n) is 14.0. The lowest BCUT2D eigenvalue weighted by molar-refractivity contribution is -0.510. The monoisotopic (exact) mass is 391 g/mol. The van der Waals surface area contributed by atoms with Crippen molar-refractivity contribution in [1.29, 1.82) is 0 Å². The van der Waals surface area contributed by atoms with Gasteiger partial charge in [0.05, 0.1) is 9.05 Å². The van der Waals surface area contributed by atoms with Gasteiger partial charge in [0, 0.05) is 30.4 Å². The highest BCUT2D eigenvalue weighted by atomic mass is 127. The molecule has 1 heterocycles. The smallest absolute Gasteiger partial charge is 0.219 e. The summed E-state index contributed by atoms with van der Waals surface area (Å²) in [4.78, 5) is 13.7. The third-order valence-electron chi connectivity index (χ3n) is 4.06. The van der Waals surface area contributed by atoms with Gasteiger partial charge in [-0.2, -0.15) is 0 Å². The Bertz CT molecular complexity index is 489. The van der Waals surface area contributed by atoms with Crippen LogP contribution in [0.1, 0.15) is 41.5 Å². The van der Waals surface area contributed by atoms with E-state index in [4.69, 9.17) is 0 Å². The second-order valence-corrected chi connectivity index (χ2v) is 9.90. The van der Waals surface area contributed by atoms with Crippen molar-refractivity contribution in [3.8, 4) is 0 Å². The molecule has 0 saturated carbocycles. The molecule has 20 heavy (non-hydrogen) atoms. The van der Waals surface area contributed by atoms with Crippen LogP contribution < -0.4 is 0 Å². The van der Waals surface area contributed by atoms with Crippen LogP contribution >= 0.6 is 20.7 Å². The number of halogens is 1. The average molecular weight is 391 g/mol. The normalized spacial score (nSPS) is 24.5. The molecule has 1 rings (SSSR count). The van der Waals surface area contributed by atoms with Crippen molar-refractivity contribution >= 4 is 36.4 Å². The van der Waals surface area contributed by atoms with Crippen LogP contribution in [0.4, 0.5) is 0 Å². The number of hydrogen-bond donors (Lipinski definition) is 0. The minimum absolute atomic E-state index is 0.118. The van der Waals surface area contributed by atoms with Gasteiger partial charge < -0.3 is 4.90 Å². The molecule has 0 aliphatic carbocycles. The molecule has 0 unspecified atom stereocenters. The maximum atomic E-state index is 11.8. The van der Waals surface area contributed by atoms with Crippen LogP contribution in [0.15, 0.2) is 11.6 Å². The van der Waals surface area contributed by atoms with Crippen LogP contribution in [0, 0.1) is 0 Å². The minimum Gasteiger partial charge on any atom is -0.336 e. The molecular formula is C16H28IN2O+. The van der Waals surface area contributed by atoms with Crippen molar-refractivity contribution < 1.29 is 9.37 Å². The fraction of sp³-hybridized carbons (Fsp3) is 0.688. The molecule has 0 aromatic rings. The molecule has 0 spiro atoms. The zero-order chi connectivity index (χ0) is 15.7. The Kier molecular flexibility index (Phi) is 5.70. The molecule has 0 aromatic heterocycles. The van der Waals surface area contributed by atoms with E-state index in [1.54, 1.807) is 6.92 Å². The highest BCUT2D eigenvalue weighted by Crippen LogP contribution is 2.28. The predicted octanol–water partition coefficient (Wildman–Crippen LogP) is 2.84. The van der Waals surface area contributed by atoms with Gasteiger partial charge in [0.25, 0.3) is 0 Å². The fourth-order valence-electron chi connectivity index (χ4n) is 2.52. The topological polar surface area (TPSA) is 23.3 Å². The van der Waals surface area contributed by atoms with Crippen molar-refractivity contribution in [2.24, 2.45) is 0 Å². The average Bonchev–Trinajstić information content (AvgIpc) is 2.32. The number of carbonyl (C=O) groups excluding carboxylic acids is 1. The van der Waals surface area contributed by atoms with E-state index in [0.717, 1.165) is 0 Å². The van der Waals surface area contributed by atoms with Gasteiger partial charge in [-0.25, -0.2) is 4.58 Å². The third kappa shape index (κ3) is 3.77. The maximum absolute atomic E-state index is 11.8. The second-order valence-electron chi connectivity index (χ2n) is 6.15. The van der Waals surface area contributed by atoms with Crippen molar-refractivity contribution in [3.63, 3.8) is 0 Å². The zero-order valence-corrected chi connectivity index (χ0v) is 16.1. The van der Waals surface area contributed by atoms with Gasteiger partial charge in [0.15, 0.2) is 12.3 Å². The first kappa shape index (κ1) is 17.5. The summed E-state index contributed by atoms with van der Waals surface area (Å²) >= 11 is -0.118. The van der Waals surface area contributed by atoms with E-state index >= 15 is 0 Å². The molecule has 1 amide bonds. The number of hydrogen-bond acceptors (Lipinski definition) is 1. The van der Waals surface area contributed by atoms with E-state index in [2.05, 4.69) is 58.5 Å². The van der Waals surface area contributed by atoms with Crippen LogP contribution in [-0.2, 0) is 4.79 Å². The second kappa shape index (κ2) is 6.50. The van der Waals surface area contributed by atoms with Gasteiger partial charge in [0.2, 0.25) is 5.91 Å². The highest BCUT2D eigenvalue weighted by molar-refractivity contribution is 14.2. The fourth-order valence-corrected chi connectivity index (χ4v) is 6.41.